The van der Waals surface area contributed by atoms with Gasteiger partial charge in [0, 0.05) is 25.5 Å². The summed E-state index contributed by atoms with van der Waals surface area (Å²) in [5, 5.41) is 8.77. The maximum absolute atomic E-state index is 12.0. The molecule has 1 aromatic rings. The third-order valence-electron chi connectivity index (χ3n) is 2.62. The largest absolute Gasteiger partial charge is 0.481 e. The highest BCUT2D eigenvalue weighted by atomic mass is 32.2. The van der Waals surface area contributed by atoms with Gasteiger partial charge in [0.2, 0.25) is 10.0 Å². The van der Waals surface area contributed by atoms with Crippen LogP contribution in [0.2, 0.25) is 0 Å². The van der Waals surface area contributed by atoms with E-state index in [2.05, 4.69) is 4.72 Å². The number of carboxylic acid groups (broad SMARTS) is 1. The molecule has 0 bridgehead atoms. The van der Waals surface area contributed by atoms with Crippen molar-refractivity contribution in [3.05, 3.63) is 18.5 Å². The van der Waals surface area contributed by atoms with Gasteiger partial charge < -0.3 is 9.67 Å². The second-order valence-corrected chi connectivity index (χ2v) is 6.30. The third-order valence-corrected chi connectivity index (χ3v) is 4.10. The number of sulfonamides is 1. The van der Waals surface area contributed by atoms with Crippen molar-refractivity contribution in [2.75, 3.05) is 0 Å². The molecule has 2 N–H and O–H groups in total. The fourth-order valence-electron chi connectivity index (χ4n) is 1.51. The molecule has 0 amide bonds. The van der Waals surface area contributed by atoms with Crippen LogP contribution in [0.5, 0.6) is 0 Å². The van der Waals surface area contributed by atoms with Crippen LogP contribution < -0.4 is 4.72 Å². The SMILES string of the molecule is CC(C)C(CC(=O)O)NS(=O)(=O)c1ccn(C)c1. The molecule has 1 unspecified atom stereocenters. The zero-order valence-corrected chi connectivity index (χ0v) is 11.4. The lowest BCUT2D eigenvalue weighted by Gasteiger charge is -2.20. The summed E-state index contributed by atoms with van der Waals surface area (Å²) in [7, 11) is -1.95. The van der Waals surface area contributed by atoms with E-state index < -0.39 is 22.0 Å². The van der Waals surface area contributed by atoms with Crippen LogP contribution in [0.1, 0.15) is 20.3 Å². The highest BCUT2D eigenvalue weighted by molar-refractivity contribution is 7.89. The molecule has 0 aromatic carbocycles. The predicted octanol–water partition coefficient (Wildman–Crippen LogP) is 0.803. The summed E-state index contributed by atoms with van der Waals surface area (Å²) < 4.78 is 28.1. The number of hydrogen-bond donors (Lipinski definition) is 2. The topological polar surface area (TPSA) is 88.4 Å². The smallest absolute Gasteiger partial charge is 0.304 e. The van der Waals surface area contributed by atoms with E-state index in [0.29, 0.717) is 0 Å². The molecule has 0 fully saturated rings. The van der Waals surface area contributed by atoms with Gasteiger partial charge in [-0.15, -0.1) is 0 Å². The highest BCUT2D eigenvalue weighted by Gasteiger charge is 2.24. The average molecular weight is 274 g/mol. The Hall–Kier alpha value is -1.34. The number of hydrogen-bond acceptors (Lipinski definition) is 3. The van der Waals surface area contributed by atoms with Gasteiger partial charge in [0.25, 0.3) is 0 Å². The maximum Gasteiger partial charge on any atom is 0.304 e. The summed E-state index contributed by atoms with van der Waals surface area (Å²) in [6.45, 7) is 3.56. The lowest BCUT2D eigenvalue weighted by atomic mass is 10.0. The van der Waals surface area contributed by atoms with E-state index in [1.165, 1.54) is 12.3 Å². The summed E-state index contributed by atoms with van der Waals surface area (Å²) in [6.07, 6.45) is 2.86. The molecule has 1 atom stereocenters. The number of carbonyl (C=O) groups is 1. The molecule has 0 saturated heterocycles. The van der Waals surface area contributed by atoms with Gasteiger partial charge in [-0.05, 0) is 12.0 Å². The van der Waals surface area contributed by atoms with E-state index in [1.807, 2.05) is 0 Å². The molecule has 7 heteroatoms. The van der Waals surface area contributed by atoms with E-state index in [1.54, 1.807) is 31.7 Å². The number of carboxylic acids is 1. The Morgan fingerprint density at radius 3 is 2.50 bits per heavy atom. The number of aryl methyl sites for hydroxylation is 1. The van der Waals surface area contributed by atoms with Gasteiger partial charge in [-0.1, -0.05) is 13.8 Å². The lowest BCUT2D eigenvalue weighted by Crippen LogP contribution is -2.39. The molecule has 1 aromatic heterocycles. The first kappa shape index (κ1) is 14.7. The van der Waals surface area contributed by atoms with Gasteiger partial charge in [-0.2, -0.15) is 0 Å². The van der Waals surface area contributed by atoms with Crippen molar-refractivity contribution in [2.24, 2.45) is 13.0 Å². The Labute approximate surface area is 107 Å². The second-order valence-electron chi connectivity index (χ2n) is 4.58. The minimum atomic E-state index is -3.66. The molecule has 0 aliphatic carbocycles. The van der Waals surface area contributed by atoms with Crippen molar-refractivity contribution in [2.45, 2.75) is 31.2 Å². The molecule has 0 aliphatic heterocycles. The fourth-order valence-corrected chi connectivity index (χ4v) is 2.94. The van der Waals surface area contributed by atoms with E-state index in [4.69, 9.17) is 5.11 Å². The van der Waals surface area contributed by atoms with Crippen molar-refractivity contribution in [3.63, 3.8) is 0 Å². The van der Waals surface area contributed by atoms with E-state index in [9.17, 15) is 13.2 Å². The van der Waals surface area contributed by atoms with E-state index >= 15 is 0 Å². The van der Waals surface area contributed by atoms with Crippen LogP contribution in [0.4, 0.5) is 0 Å². The first-order valence-electron chi connectivity index (χ1n) is 5.58. The highest BCUT2D eigenvalue weighted by Crippen LogP contribution is 2.13. The minimum absolute atomic E-state index is 0.0976. The molecule has 0 spiro atoms. The minimum Gasteiger partial charge on any atom is -0.481 e. The van der Waals surface area contributed by atoms with Crippen molar-refractivity contribution in [3.8, 4) is 0 Å². The zero-order valence-electron chi connectivity index (χ0n) is 10.6. The van der Waals surface area contributed by atoms with E-state index in [-0.39, 0.29) is 17.2 Å². The maximum atomic E-state index is 12.0. The normalized spacial score (nSPS) is 13.8. The van der Waals surface area contributed by atoms with Crippen LogP contribution in [0, 0.1) is 5.92 Å². The number of nitrogens with one attached hydrogen (secondary N) is 1. The van der Waals surface area contributed by atoms with Gasteiger partial charge in [-0.3, -0.25) is 4.79 Å². The summed E-state index contributed by atoms with van der Waals surface area (Å²) in [4.78, 5) is 10.8. The molecule has 0 saturated carbocycles. The monoisotopic (exact) mass is 274 g/mol. The van der Waals surface area contributed by atoms with Gasteiger partial charge in [0.15, 0.2) is 0 Å². The molecule has 0 radical (unpaired) electrons. The van der Waals surface area contributed by atoms with Gasteiger partial charge in [0.1, 0.15) is 0 Å². The first-order chi connectivity index (χ1) is 8.22. The Morgan fingerprint density at radius 1 is 1.50 bits per heavy atom. The van der Waals surface area contributed by atoms with Crippen molar-refractivity contribution in [1.82, 2.24) is 9.29 Å². The number of rotatable bonds is 6. The van der Waals surface area contributed by atoms with Crippen molar-refractivity contribution < 1.29 is 18.3 Å². The zero-order chi connectivity index (χ0) is 13.9. The van der Waals surface area contributed by atoms with Gasteiger partial charge in [-0.25, -0.2) is 13.1 Å². The van der Waals surface area contributed by atoms with Crippen LogP contribution in [-0.2, 0) is 21.9 Å². The third kappa shape index (κ3) is 3.85. The van der Waals surface area contributed by atoms with Crippen LogP contribution in [0.15, 0.2) is 23.4 Å². The second kappa shape index (κ2) is 5.53. The molecule has 0 aliphatic rings. The molecular weight excluding hydrogens is 256 g/mol. The van der Waals surface area contributed by atoms with Crippen LogP contribution in [0.25, 0.3) is 0 Å². The van der Waals surface area contributed by atoms with Crippen molar-refractivity contribution in [1.29, 1.82) is 0 Å². The number of aromatic nitrogens is 1. The Balaban J connectivity index is 2.89. The first-order valence-corrected chi connectivity index (χ1v) is 7.07. The summed E-state index contributed by atoms with van der Waals surface area (Å²) >= 11 is 0. The van der Waals surface area contributed by atoms with Crippen LogP contribution >= 0.6 is 0 Å². The predicted molar refractivity (Wildman–Crippen MR) is 66.6 cm³/mol. The lowest BCUT2D eigenvalue weighted by molar-refractivity contribution is -0.137. The molecular formula is C11H18N2O4S. The Bertz CT molecular complexity index is 519. The summed E-state index contributed by atoms with van der Waals surface area (Å²) in [5.41, 5.74) is 0. The Morgan fingerprint density at radius 2 is 2.11 bits per heavy atom. The molecule has 18 heavy (non-hydrogen) atoms. The molecule has 1 rings (SSSR count). The van der Waals surface area contributed by atoms with Gasteiger partial charge in [0.05, 0.1) is 11.3 Å². The fraction of sp³-hybridized carbons (Fsp3) is 0.545. The van der Waals surface area contributed by atoms with Crippen molar-refractivity contribution >= 4 is 16.0 Å². The van der Waals surface area contributed by atoms with Crippen LogP contribution in [-0.4, -0.2) is 30.1 Å². The quantitative estimate of drug-likeness (QED) is 0.803. The summed E-state index contributed by atoms with van der Waals surface area (Å²) in [6, 6.07) is 0.855. The molecule has 102 valence electrons. The van der Waals surface area contributed by atoms with Crippen LogP contribution in [0.3, 0.4) is 0 Å². The number of aliphatic carboxylic acids is 1. The summed E-state index contributed by atoms with van der Waals surface area (Å²) in [5.74, 6) is -1.12. The Kier molecular flexibility index (Phi) is 4.53. The standard InChI is InChI=1S/C11H18N2O4S/c1-8(2)10(6-11(14)15)12-18(16,17)9-4-5-13(3)7-9/h4-5,7-8,10,12H,6H2,1-3H3,(H,14,15). The molecule has 6 nitrogen and oxygen atoms in total. The number of nitrogens with zero attached hydrogens (tertiary/aromatic N) is 1. The average Bonchev–Trinajstić information content (AvgIpc) is 2.63. The molecule has 1 heterocycles. The van der Waals surface area contributed by atoms with Gasteiger partial charge >= 0.3 is 5.97 Å². The van der Waals surface area contributed by atoms with E-state index in [0.717, 1.165) is 0 Å².